The van der Waals surface area contributed by atoms with Crippen LogP contribution in [-0.2, 0) is 5.41 Å². The molecule has 10 rings (SSSR count). The third kappa shape index (κ3) is 4.35. The SMILES string of the molecule is [C-]#[N+]c1ccc2c(c1)-c1ccc(-c3ccc(-c4nc(-c5ccccc5)nc(-c5ccccc5)n4)cc3)cc1C21c2ccccc2-c2ccccc21. The van der Waals surface area contributed by atoms with Crippen LogP contribution in [0, 0.1) is 6.57 Å². The maximum absolute atomic E-state index is 7.78. The van der Waals surface area contributed by atoms with Crippen LogP contribution in [0.5, 0.6) is 0 Å². The normalized spacial score (nSPS) is 12.8. The van der Waals surface area contributed by atoms with Crippen molar-refractivity contribution >= 4 is 5.69 Å². The van der Waals surface area contributed by atoms with Gasteiger partial charge in [-0.1, -0.05) is 158 Å². The Hall–Kier alpha value is -6.96. The fraction of sp³-hybridized carbons (Fsp3) is 0.0213. The molecule has 0 atom stereocenters. The van der Waals surface area contributed by atoms with Crippen molar-refractivity contribution in [3.63, 3.8) is 0 Å². The van der Waals surface area contributed by atoms with Gasteiger partial charge in [-0.05, 0) is 67.8 Å². The Morgan fingerprint density at radius 1 is 0.353 bits per heavy atom. The molecule has 1 heterocycles. The lowest BCUT2D eigenvalue weighted by molar-refractivity contribution is 0.794. The predicted octanol–water partition coefficient (Wildman–Crippen LogP) is 11.4. The van der Waals surface area contributed by atoms with Crippen molar-refractivity contribution in [2.45, 2.75) is 5.41 Å². The van der Waals surface area contributed by atoms with E-state index in [0.717, 1.165) is 33.4 Å². The molecule has 0 saturated heterocycles. The second-order valence-electron chi connectivity index (χ2n) is 13.1. The van der Waals surface area contributed by atoms with Gasteiger partial charge in [0.1, 0.15) is 0 Å². The highest BCUT2D eigenvalue weighted by Gasteiger charge is 2.51. The molecule has 1 spiro atoms. The van der Waals surface area contributed by atoms with Crippen LogP contribution in [0.2, 0.25) is 0 Å². The second kappa shape index (κ2) is 11.3. The largest absolute Gasteiger partial charge is 0.238 e. The fourth-order valence-corrected chi connectivity index (χ4v) is 8.13. The Bertz CT molecular complexity index is 2590. The first-order valence-electron chi connectivity index (χ1n) is 17.1. The topological polar surface area (TPSA) is 43.0 Å². The van der Waals surface area contributed by atoms with Gasteiger partial charge >= 0.3 is 0 Å². The summed E-state index contributed by atoms with van der Waals surface area (Å²) in [6.07, 6.45) is 0. The van der Waals surface area contributed by atoms with Crippen molar-refractivity contribution < 1.29 is 0 Å². The number of aromatic nitrogens is 3. The molecule has 0 bridgehead atoms. The summed E-state index contributed by atoms with van der Waals surface area (Å²) in [5.41, 5.74) is 15.1. The summed E-state index contributed by atoms with van der Waals surface area (Å²) in [6, 6.07) is 59.3. The van der Waals surface area contributed by atoms with Crippen LogP contribution < -0.4 is 0 Å². The van der Waals surface area contributed by atoms with Crippen LogP contribution in [0.3, 0.4) is 0 Å². The molecule has 0 unspecified atom stereocenters. The number of rotatable bonds is 4. The Balaban J connectivity index is 1.12. The molecule has 0 aliphatic heterocycles. The fourth-order valence-electron chi connectivity index (χ4n) is 8.13. The van der Waals surface area contributed by atoms with Gasteiger partial charge in [-0.25, -0.2) is 19.8 Å². The smallest absolute Gasteiger partial charge is 0.187 e. The lowest BCUT2D eigenvalue weighted by Crippen LogP contribution is -2.25. The van der Waals surface area contributed by atoms with Crippen molar-refractivity contribution in [1.29, 1.82) is 0 Å². The van der Waals surface area contributed by atoms with Crippen LogP contribution in [0.4, 0.5) is 5.69 Å². The van der Waals surface area contributed by atoms with Gasteiger partial charge in [0.2, 0.25) is 0 Å². The minimum atomic E-state index is -0.471. The van der Waals surface area contributed by atoms with E-state index in [1.807, 2.05) is 66.7 Å². The molecule has 236 valence electrons. The van der Waals surface area contributed by atoms with Gasteiger partial charge in [0.25, 0.3) is 0 Å². The zero-order valence-electron chi connectivity index (χ0n) is 27.5. The van der Waals surface area contributed by atoms with Gasteiger partial charge in [0, 0.05) is 16.7 Å². The molecule has 0 N–H and O–H groups in total. The monoisotopic (exact) mass is 648 g/mol. The van der Waals surface area contributed by atoms with E-state index in [1.54, 1.807) is 0 Å². The minimum absolute atomic E-state index is 0.471. The molecule has 0 radical (unpaired) electrons. The third-order valence-corrected chi connectivity index (χ3v) is 10.4. The van der Waals surface area contributed by atoms with Gasteiger partial charge in [-0.2, -0.15) is 0 Å². The highest BCUT2D eigenvalue weighted by Crippen LogP contribution is 2.63. The van der Waals surface area contributed by atoms with Crippen molar-refractivity contribution in [1.82, 2.24) is 15.0 Å². The zero-order chi connectivity index (χ0) is 33.9. The van der Waals surface area contributed by atoms with E-state index >= 15 is 0 Å². The number of nitrogens with zero attached hydrogens (tertiary/aromatic N) is 4. The number of hydrogen-bond acceptors (Lipinski definition) is 3. The maximum atomic E-state index is 7.78. The van der Waals surface area contributed by atoms with Crippen LogP contribution in [0.1, 0.15) is 22.3 Å². The number of hydrogen-bond donors (Lipinski definition) is 0. The van der Waals surface area contributed by atoms with Crippen molar-refractivity contribution in [3.05, 3.63) is 204 Å². The molecule has 8 aromatic rings. The first kappa shape index (κ1) is 29.0. The molecule has 2 aliphatic rings. The molecule has 1 aromatic heterocycles. The van der Waals surface area contributed by atoms with Gasteiger partial charge in [0.05, 0.1) is 12.0 Å². The number of benzene rings is 7. The molecule has 7 aromatic carbocycles. The van der Waals surface area contributed by atoms with Crippen molar-refractivity contribution in [2.75, 3.05) is 0 Å². The van der Waals surface area contributed by atoms with Crippen LogP contribution in [0.15, 0.2) is 170 Å². The van der Waals surface area contributed by atoms with Crippen LogP contribution in [0.25, 0.3) is 72.4 Å². The first-order chi connectivity index (χ1) is 25.2. The van der Waals surface area contributed by atoms with Crippen molar-refractivity contribution in [3.8, 4) is 67.5 Å². The summed E-state index contributed by atoms with van der Waals surface area (Å²) in [6.45, 7) is 7.78. The Kier molecular flexibility index (Phi) is 6.43. The van der Waals surface area contributed by atoms with E-state index in [2.05, 4.69) is 108 Å². The lowest BCUT2D eigenvalue weighted by Gasteiger charge is -2.30. The Labute approximate surface area is 296 Å². The zero-order valence-corrected chi connectivity index (χ0v) is 27.5. The highest BCUT2D eigenvalue weighted by atomic mass is 15.0. The van der Waals surface area contributed by atoms with E-state index in [0.29, 0.717) is 23.2 Å². The van der Waals surface area contributed by atoms with E-state index in [1.165, 1.54) is 38.9 Å². The van der Waals surface area contributed by atoms with Crippen LogP contribution >= 0.6 is 0 Å². The van der Waals surface area contributed by atoms with Gasteiger partial charge in [0.15, 0.2) is 23.2 Å². The van der Waals surface area contributed by atoms with Gasteiger partial charge in [-0.15, -0.1) is 0 Å². The average molecular weight is 649 g/mol. The van der Waals surface area contributed by atoms with Crippen molar-refractivity contribution in [2.24, 2.45) is 0 Å². The summed E-state index contributed by atoms with van der Waals surface area (Å²) >= 11 is 0. The molecular weight excluding hydrogens is 621 g/mol. The summed E-state index contributed by atoms with van der Waals surface area (Å²) in [5, 5.41) is 0. The third-order valence-electron chi connectivity index (χ3n) is 10.4. The molecule has 4 heteroatoms. The molecule has 0 amide bonds. The molecular formula is C47H28N4. The minimum Gasteiger partial charge on any atom is -0.238 e. The molecule has 2 aliphatic carbocycles. The first-order valence-corrected chi connectivity index (χ1v) is 17.1. The predicted molar refractivity (Wildman–Crippen MR) is 204 cm³/mol. The summed E-state index contributed by atoms with van der Waals surface area (Å²) in [4.78, 5) is 18.5. The average Bonchev–Trinajstić information content (AvgIpc) is 3.68. The van der Waals surface area contributed by atoms with E-state index < -0.39 is 5.41 Å². The Morgan fingerprint density at radius 2 is 0.804 bits per heavy atom. The lowest BCUT2D eigenvalue weighted by atomic mass is 9.70. The van der Waals surface area contributed by atoms with Crippen LogP contribution in [-0.4, -0.2) is 15.0 Å². The molecule has 0 saturated carbocycles. The van der Waals surface area contributed by atoms with E-state index in [9.17, 15) is 0 Å². The highest BCUT2D eigenvalue weighted by molar-refractivity contribution is 5.96. The van der Waals surface area contributed by atoms with Gasteiger partial charge < -0.3 is 0 Å². The summed E-state index contributed by atoms with van der Waals surface area (Å²) in [5.74, 6) is 1.92. The second-order valence-corrected chi connectivity index (χ2v) is 13.1. The standard InChI is InChI=1S/C47H28N4/c1-48-35-25-27-42-39(29-35)38-26-24-34(28-43(38)47(42)40-18-10-8-16-36(40)37-17-9-11-19-41(37)47)30-20-22-33(23-21-30)46-50-44(31-12-4-2-5-13-31)49-45(51-46)32-14-6-3-7-15-32/h2-29H. The Morgan fingerprint density at radius 3 is 1.37 bits per heavy atom. The number of fused-ring (bicyclic) bond motifs is 10. The summed E-state index contributed by atoms with van der Waals surface area (Å²) < 4.78 is 0. The molecule has 0 fully saturated rings. The van der Waals surface area contributed by atoms with E-state index in [-0.39, 0.29) is 0 Å². The summed E-state index contributed by atoms with van der Waals surface area (Å²) in [7, 11) is 0. The maximum Gasteiger partial charge on any atom is 0.187 e. The van der Waals surface area contributed by atoms with E-state index in [4.69, 9.17) is 21.5 Å². The van der Waals surface area contributed by atoms with Gasteiger partial charge in [-0.3, -0.25) is 0 Å². The molecule has 51 heavy (non-hydrogen) atoms. The quantitative estimate of drug-likeness (QED) is 0.178. The molecule has 4 nitrogen and oxygen atoms in total.